The van der Waals surface area contributed by atoms with Crippen LogP contribution in [0.2, 0.25) is 0 Å². The Kier molecular flexibility index (Phi) is 4.89. The maximum atomic E-state index is 12.8. The Balaban J connectivity index is 1.96. The third kappa shape index (κ3) is 3.37. The first-order valence-corrected chi connectivity index (χ1v) is 8.03. The van der Waals surface area contributed by atoms with Crippen molar-refractivity contribution >= 4 is 29.1 Å². The van der Waals surface area contributed by atoms with Crippen LogP contribution >= 0.6 is 0 Å². The fourth-order valence-corrected chi connectivity index (χ4v) is 2.76. The lowest BCUT2D eigenvalue weighted by atomic mass is 10.1. The number of nitrogens with zero attached hydrogens (tertiary/aromatic N) is 3. The minimum absolute atomic E-state index is 0.0528. The largest absolute Gasteiger partial charge is 0.493 e. The smallest absolute Gasteiger partial charge is 0.280 e. The van der Waals surface area contributed by atoms with Crippen molar-refractivity contribution in [2.75, 3.05) is 19.2 Å². The Morgan fingerprint density at radius 1 is 1.11 bits per heavy atom. The molecule has 8 heteroatoms. The van der Waals surface area contributed by atoms with Crippen LogP contribution in [0, 0.1) is 10.1 Å². The number of carbonyl (C=O) groups is 1. The van der Waals surface area contributed by atoms with Gasteiger partial charge in [-0.2, -0.15) is 10.1 Å². The monoisotopic (exact) mass is 367 g/mol. The van der Waals surface area contributed by atoms with E-state index in [0.717, 1.165) is 0 Å². The first-order valence-electron chi connectivity index (χ1n) is 8.03. The summed E-state index contributed by atoms with van der Waals surface area (Å²) >= 11 is 0. The number of amides is 1. The zero-order valence-electron chi connectivity index (χ0n) is 15.0. The van der Waals surface area contributed by atoms with Gasteiger partial charge >= 0.3 is 0 Å². The summed E-state index contributed by atoms with van der Waals surface area (Å²) in [5.74, 6) is 0.743. The molecule has 3 rings (SSSR count). The predicted molar refractivity (Wildman–Crippen MR) is 101 cm³/mol. The Morgan fingerprint density at radius 3 is 2.41 bits per heavy atom. The average Bonchev–Trinajstić information content (AvgIpc) is 2.96. The number of hydrogen-bond donors (Lipinski definition) is 0. The summed E-state index contributed by atoms with van der Waals surface area (Å²) in [5.41, 5.74) is 2.01. The molecule has 0 saturated carbocycles. The molecule has 2 aromatic rings. The van der Waals surface area contributed by atoms with Gasteiger partial charge in [0.05, 0.1) is 36.1 Å². The SMILES string of the molecule is COc1cccc(/C=C2/C(=O)N(c3ccc([N+](=O)[O-])cc3)N=C2C)c1OC. The topological polar surface area (TPSA) is 94.3 Å². The van der Waals surface area contributed by atoms with Crippen LogP contribution in [0.25, 0.3) is 6.08 Å². The van der Waals surface area contributed by atoms with Crippen LogP contribution in [-0.2, 0) is 4.79 Å². The van der Waals surface area contributed by atoms with Crippen molar-refractivity contribution in [2.24, 2.45) is 5.10 Å². The number of benzene rings is 2. The van der Waals surface area contributed by atoms with Crippen molar-refractivity contribution in [1.82, 2.24) is 0 Å². The number of nitro groups is 1. The molecule has 0 fully saturated rings. The highest BCUT2D eigenvalue weighted by Crippen LogP contribution is 2.34. The summed E-state index contributed by atoms with van der Waals surface area (Å²) in [6, 6.07) is 11.0. The molecule has 0 aliphatic carbocycles. The maximum absolute atomic E-state index is 12.8. The van der Waals surface area contributed by atoms with E-state index in [9.17, 15) is 14.9 Å². The summed E-state index contributed by atoms with van der Waals surface area (Å²) in [6.45, 7) is 1.72. The second kappa shape index (κ2) is 7.28. The zero-order valence-corrected chi connectivity index (χ0v) is 15.0. The average molecular weight is 367 g/mol. The molecule has 2 aromatic carbocycles. The number of hydrazone groups is 1. The Labute approximate surface area is 155 Å². The maximum Gasteiger partial charge on any atom is 0.280 e. The summed E-state index contributed by atoms with van der Waals surface area (Å²) in [4.78, 5) is 23.1. The van der Waals surface area contributed by atoms with Gasteiger partial charge in [-0.1, -0.05) is 12.1 Å². The van der Waals surface area contributed by atoms with Crippen LogP contribution in [0.1, 0.15) is 12.5 Å². The molecule has 0 bridgehead atoms. The van der Waals surface area contributed by atoms with E-state index in [1.807, 2.05) is 6.07 Å². The molecule has 0 spiro atoms. The van der Waals surface area contributed by atoms with Gasteiger partial charge in [0.2, 0.25) is 0 Å². The molecule has 0 saturated heterocycles. The molecular formula is C19H17N3O5. The highest BCUT2D eigenvalue weighted by molar-refractivity contribution is 6.32. The van der Waals surface area contributed by atoms with Gasteiger partial charge < -0.3 is 9.47 Å². The first kappa shape index (κ1) is 18.1. The van der Waals surface area contributed by atoms with Gasteiger partial charge in [0, 0.05) is 17.7 Å². The van der Waals surface area contributed by atoms with Gasteiger partial charge in [0.15, 0.2) is 11.5 Å². The molecule has 27 heavy (non-hydrogen) atoms. The number of para-hydroxylation sites is 1. The number of rotatable bonds is 5. The number of non-ortho nitro benzene ring substituents is 1. The molecular weight excluding hydrogens is 350 g/mol. The number of carbonyl (C=O) groups excluding carboxylic acids is 1. The summed E-state index contributed by atoms with van der Waals surface area (Å²) in [7, 11) is 3.07. The van der Waals surface area contributed by atoms with E-state index in [-0.39, 0.29) is 11.6 Å². The van der Waals surface area contributed by atoms with Crippen LogP contribution in [0.5, 0.6) is 11.5 Å². The van der Waals surface area contributed by atoms with Crippen molar-refractivity contribution in [1.29, 1.82) is 0 Å². The minimum Gasteiger partial charge on any atom is -0.493 e. The molecule has 0 N–H and O–H groups in total. The van der Waals surface area contributed by atoms with Gasteiger partial charge in [0.25, 0.3) is 11.6 Å². The summed E-state index contributed by atoms with van der Waals surface area (Å²) in [6.07, 6.45) is 1.69. The molecule has 138 valence electrons. The zero-order chi connectivity index (χ0) is 19.6. The molecule has 1 aliphatic heterocycles. The van der Waals surface area contributed by atoms with Gasteiger partial charge in [-0.15, -0.1) is 0 Å². The molecule has 0 radical (unpaired) electrons. The number of ether oxygens (including phenoxy) is 2. The Hall–Kier alpha value is -3.68. The van der Waals surface area contributed by atoms with E-state index in [4.69, 9.17) is 9.47 Å². The minimum atomic E-state index is -0.496. The van der Waals surface area contributed by atoms with Crippen LogP contribution in [0.4, 0.5) is 11.4 Å². The van der Waals surface area contributed by atoms with Gasteiger partial charge in [-0.25, -0.2) is 0 Å². The second-order valence-corrected chi connectivity index (χ2v) is 5.72. The van der Waals surface area contributed by atoms with E-state index in [1.165, 1.54) is 36.4 Å². The Bertz CT molecular complexity index is 964. The summed E-state index contributed by atoms with van der Waals surface area (Å²) in [5, 5.41) is 16.3. The van der Waals surface area contributed by atoms with E-state index in [2.05, 4.69) is 5.10 Å². The van der Waals surface area contributed by atoms with Crippen LogP contribution in [0.3, 0.4) is 0 Å². The predicted octanol–water partition coefficient (Wildman–Crippen LogP) is 3.42. The lowest BCUT2D eigenvalue weighted by Gasteiger charge is -2.12. The van der Waals surface area contributed by atoms with Gasteiger partial charge in [-0.3, -0.25) is 14.9 Å². The molecule has 1 heterocycles. The normalized spacial score (nSPS) is 15.1. The number of methoxy groups -OCH3 is 2. The van der Waals surface area contributed by atoms with Crippen LogP contribution in [-0.4, -0.2) is 30.8 Å². The van der Waals surface area contributed by atoms with Crippen LogP contribution < -0.4 is 14.5 Å². The third-order valence-electron chi connectivity index (χ3n) is 4.10. The highest BCUT2D eigenvalue weighted by Gasteiger charge is 2.29. The fraction of sp³-hybridized carbons (Fsp3) is 0.158. The third-order valence-corrected chi connectivity index (χ3v) is 4.10. The van der Waals surface area contributed by atoms with E-state index >= 15 is 0 Å². The molecule has 1 amide bonds. The van der Waals surface area contributed by atoms with E-state index < -0.39 is 4.92 Å². The first-order chi connectivity index (χ1) is 13.0. The quantitative estimate of drug-likeness (QED) is 0.458. The van der Waals surface area contributed by atoms with Gasteiger partial charge in [0.1, 0.15) is 0 Å². The number of nitro benzene ring substituents is 1. The Morgan fingerprint density at radius 2 is 1.81 bits per heavy atom. The van der Waals surface area contributed by atoms with Crippen molar-refractivity contribution in [3.8, 4) is 11.5 Å². The molecule has 0 unspecified atom stereocenters. The fourth-order valence-electron chi connectivity index (χ4n) is 2.76. The standard InChI is InChI=1S/C19H17N3O5/c1-12-16(11-13-5-4-6-17(26-2)18(13)27-3)19(23)21(20-12)14-7-9-15(10-8-14)22(24)25/h4-11H,1-3H3/b16-11+. The second-order valence-electron chi connectivity index (χ2n) is 5.72. The highest BCUT2D eigenvalue weighted by atomic mass is 16.6. The van der Waals surface area contributed by atoms with Crippen molar-refractivity contribution in [3.63, 3.8) is 0 Å². The summed E-state index contributed by atoms with van der Waals surface area (Å²) < 4.78 is 10.7. The van der Waals surface area contributed by atoms with Crippen molar-refractivity contribution in [3.05, 3.63) is 63.7 Å². The molecule has 1 aliphatic rings. The molecule has 8 nitrogen and oxygen atoms in total. The van der Waals surface area contributed by atoms with E-state index in [0.29, 0.717) is 34.0 Å². The van der Waals surface area contributed by atoms with Gasteiger partial charge in [-0.05, 0) is 31.2 Å². The lowest BCUT2D eigenvalue weighted by Crippen LogP contribution is -2.21. The number of anilines is 1. The molecule has 0 atom stereocenters. The van der Waals surface area contributed by atoms with Crippen LogP contribution in [0.15, 0.2) is 53.1 Å². The van der Waals surface area contributed by atoms with E-state index in [1.54, 1.807) is 32.2 Å². The number of hydrogen-bond acceptors (Lipinski definition) is 6. The lowest BCUT2D eigenvalue weighted by molar-refractivity contribution is -0.384. The van der Waals surface area contributed by atoms with Crippen molar-refractivity contribution < 1.29 is 19.2 Å². The molecule has 0 aromatic heterocycles. The van der Waals surface area contributed by atoms with Crippen molar-refractivity contribution in [2.45, 2.75) is 6.92 Å².